The molecule has 0 bridgehead atoms. The van der Waals surface area contributed by atoms with Crippen molar-refractivity contribution in [2.75, 3.05) is 12.4 Å². The number of benzene rings is 2. The van der Waals surface area contributed by atoms with E-state index < -0.39 is 11.6 Å². The van der Waals surface area contributed by atoms with E-state index in [0.29, 0.717) is 29.9 Å². The first-order chi connectivity index (χ1) is 17.5. The van der Waals surface area contributed by atoms with Gasteiger partial charge >= 0.3 is 0 Å². The minimum absolute atomic E-state index is 0.107. The average molecular weight is 486 g/mol. The molecular formula is C29H25F2N3O2. The summed E-state index contributed by atoms with van der Waals surface area (Å²) in [6.07, 6.45) is 8.74. The third-order valence-corrected chi connectivity index (χ3v) is 6.36. The van der Waals surface area contributed by atoms with Gasteiger partial charge < -0.3 is 10.1 Å². The first-order valence-corrected chi connectivity index (χ1v) is 11.8. The first-order valence-electron chi connectivity index (χ1n) is 11.8. The Bertz CT molecular complexity index is 1410. The fraction of sp³-hybridized carbons (Fsp3) is 0.207. The van der Waals surface area contributed by atoms with E-state index in [2.05, 4.69) is 11.4 Å². The number of aryl methyl sites for hydroxylation is 1. The number of allylic oxidation sites excluding steroid dienone is 5. The quantitative estimate of drug-likeness (QED) is 0.485. The van der Waals surface area contributed by atoms with Crippen molar-refractivity contribution in [2.45, 2.75) is 32.1 Å². The van der Waals surface area contributed by atoms with Gasteiger partial charge in [-0.1, -0.05) is 42.0 Å². The SMILES string of the molecule is COC1=CCC2=C(C=C1)c1nc(Cc3ccccc3)c(NC(=O)Cc3ccc(F)c(F)c3)nc1CC2. The number of fused-ring (bicyclic) bond motifs is 2. The molecule has 36 heavy (non-hydrogen) atoms. The first kappa shape index (κ1) is 23.6. The maximum Gasteiger partial charge on any atom is 0.229 e. The normalized spacial score (nSPS) is 14.5. The van der Waals surface area contributed by atoms with Crippen LogP contribution in [0.2, 0.25) is 0 Å². The fourth-order valence-corrected chi connectivity index (χ4v) is 4.51. The summed E-state index contributed by atoms with van der Waals surface area (Å²) < 4.78 is 32.3. The van der Waals surface area contributed by atoms with Crippen LogP contribution in [0.15, 0.2) is 78.1 Å². The lowest BCUT2D eigenvalue weighted by Crippen LogP contribution is -2.20. The molecule has 2 aromatic carbocycles. The van der Waals surface area contributed by atoms with Crippen LogP contribution in [0.4, 0.5) is 14.6 Å². The Hall–Kier alpha value is -4.13. The van der Waals surface area contributed by atoms with Crippen LogP contribution in [0, 0.1) is 11.6 Å². The highest BCUT2D eigenvalue weighted by atomic mass is 19.2. The maximum absolute atomic E-state index is 13.6. The second-order valence-electron chi connectivity index (χ2n) is 8.82. The van der Waals surface area contributed by atoms with Crippen molar-refractivity contribution in [1.82, 2.24) is 9.97 Å². The van der Waals surface area contributed by atoms with Gasteiger partial charge in [-0.25, -0.2) is 18.7 Å². The zero-order chi connectivity index (χ0) is 25.1. The summed E-state index contributed by atoms with van der Waals surface area (Å²) in [6.45, 7) is 0. The summed E-state index contributed by atoms with van der Waals surface area (Å²) in [5, 5.41) is 2.87. The Labute approximate surface area is 208 Å². The van der Waals surface area contributed by atoms with Gasteiger partial charge in [0, 0.05) is 12.0 Å². The Balaban J connectivity index is 1.49. The molecule has 0 radical (unpaired) electrons. The predicted octanol–water partition coefficient (Wildman–Crippen LogP) is 5.72. The van der Waals surface area contributed by atoms with E-state index in [1.807, 2.05) is 42.5 Å². The third-order valence-electron chi connectivity index (χ3n) is 6.36. The molecular weight excluding hydrogens is 460 g/mol. The molecule has 1 aromatic heterocycles. The summed E-state index contributed by atoms with van der Waals surface area (Å²) in [7, 11) is 1.65. The number of hydrogen-bond donors (Lipinski definition) is 1. The molecule has 0 aliphatic heterocycles. The van der Waals surface area contributed by atoms with Crippen LogP contribution in [0.5, 0.6) is 0 Å². The van der Waals surface area contributed by atoms with Crippen molar-refractivity contribution in [3.05, 3.63) is 118 Å². The van der Waals surface area contributed by atoms with Crippen LogP contribution < -0.4 is 5.32 Å². The van der Waals surface area contributed by atoms with E-state index in [0.717, 1.165) is 53.3 Å². The Morgan fingerprint density at radius 2 is 1.83 bits per heavy atom. The minimum atomic E-state index is -0.981. The number of hydrogen-bond acceptors (Lipinski definition) is 4. The lowest BCUT2D eigenvalue weighted by molar-refractivity contribution is -0.115. The second kappa shape index (κ2) is 10.2. The van der Waals surface area contributed by atoms with Crippen molar-refractivity contribution in [1.29, 1.82) is 0 Å². The summed E-state index contributed by atoms with van der Waals surface area (Å²) in [5.74, 6) is -1.10. The zero-order valence-corrected chi connectivity index (χ0v) is 19.9. The van der Waals surface area contributed by atoms with Crippen LogP contribution in [-0.2, 0) is 28.8 Å². The van der Waals surface area contributed by atoms with Gasteiger partial charge in [0.15, 0.2) is 17.5 Å². The number of halogens is 2. The summed E-state index contributed by atoms with van der Waals surface area (Å²) in [4.78, 5) is 22.7. The zero-order valence-electron chi connectivity index (χ0n) is 19.9. The Kier molecular flexibility index (Phi) is 6.71. The van der Waals surface area contributed by atoms with E-state index in [4.69, 9.17) is 14.7 Å². The molecule has 5 rings (SSSR count). The van der Waals surface area contributed by atoms with Crippen molar-refractivity contribution in [3.8, 4) is 0 Å². The number of ether oxygens (including phenoxy) is 1. The molecule has 1 N–H and O–H groups in total. The largest absolute Gasteiger partial charge is 0.497 e. The Morgan fingerprint density at radius 3 is 2.61 bits per heavy atom. The Morgan fingerprint density at radius 1 is 1.00 bits per heavy atom. The molecule has 0 spiro atoms. The van der Waals surface area contributed by atoms with Gasteiger partial charge in [-0.2, -0.15) is 0 Å². The number of methoxy groups -OCH3 is 1. The lowest BCUT2D eigenvalue weighted by Gasteiger charge is -2.22. The van der Waals surface area contributed by atoms with Crippen LogP contribution >= 0.6 is 0 Å². The summed E-state index contributed by atoms with van der Waals surface area (Å²) >= 11 is 0. The number of nitrogens with one attached hydrogen (secondary N) is 1. The lowest BCUT2D eigenvalue weighted by atomic mass is 9.90. The van der Waals surface area contributed by atoms with E-state index in [-0.39, 0.29) is 12.3 Å². The molecule has 0 fully saturated rings. The molecule has 1 amide bonds. The van der Waals surface area contributed by atoms with Gasteiger partial charge in [0.2, 0.25) is 5.91 Å². The number of aromatic nitrogens is 2. The van der Waals surface area contributed by atoms with Gasteiger partial charge in [0.05, 0.1) is 30.6 Å². The van der Waals surface area contributed by atoms with Crippen LogP contribution in [-0.4, -0.2) is 23.0 Å². The van der Waals surface area contributed by atoms with Gasteiger partial charge in [0.1, 0.15) is 5.76 Å². The highest BCUT2D eigenvalue weighted by Crippen LogP contribution is 2.36. The van der Waals surface area contributed by atoms with E-state index in [9.17, 15) is 13.6 Å². The number of carbonyl (C=O) groups is 1. The number of carbonyl (C=O) groups excluding carboxylic acids is 1. The van der Waals surface area contributed by atoms with E-state index >= 15 is 0 Å². The van der Waals surface area contributed by atoms with Gasteiger partial charge in [-0.15, -0.1) is 0 Å². The second-order valence-corrected chi connectivity index (χ2v) is 8.82. The number of nitrogens with zero attached hydrogens (tertiary/aromatic N) is 2. The van der Waals surface area contributed by atoms with Gasteiger partial charge in [-0.3, -0.25) is 4.79 Å². The van der Waals surface area contributed by atoms with Crippen LogP contribution in [0.3, 0.4) is 0 Å². The molecule has 7 heteroatoms. The topological polar surface area (TPSA) is 64.1 Å². The average Bonchev–Trinajstić information content (AvgIpc) is 3.10. The maximum atomic E-state index is 13.6. The highest BCUT2D eigenvalue weighted by Gasteiger charge is 2.24. The van der Waals surface area contributed by atoms with E-state index in [1.54, 1.807) is 7.11 Å². The van der Waals surface area contributed by atoms with Crippen LogP contribution in [0.25, 0.3) is 5.57 Å². The fourth-order valence-electron chi connectivity index (χ4n) is 4.51. The predicted molar refractivity (Wildman–Crippen MR) is 134 cm³/mol. The smallest absolute Gasteiger partial charge is 0.229 e. The summed E-state index contributed by atoms with van der Waals surface area (Å²) in [5.41, 5.74) is 6.02. The molecule has 3 aromatic rings. The van der Waals surface area contributed by atoms with Crippen molar-refractivity contribution in [3.63, 3.8) is 0 Å². The highest BCUT2D eigenvalue weighted by molar-refractivity contribution is 5.92. The van der Waals surface area contributed by atoms with Gasteiger partial charge in [-0.05, 0) is 60.8 Å². The molecule has 5 nitrogen and oxygen atoms in total. The third kappa shape index (κ3) is 5.10. The molecule has 0 saturated carbocycles. The minimum Gasteiger partial charge on any atom is -0.497 e. The van der Waals surface area contributed by atoms with Crippen LogP contribution in [0.1, 0.15) is 41.1 Å². The van der Waals surface area contributed by atoms with Crippen molar-refractivity contribution < 1.29 is 18.3 Å². The molecule has 0 unspecified atom stereocenters. The number of anilines is 1. The summed E-state index contributed by atoms with van der Waals surface area (Å²) in [6, 6.07) is 13.3. The standard InChI is InChI=1S/C29H25F2N3O2/c1-36-21-10-8-20-9-14-25-28(22(20)12-11-21)32-26(16-18-5-3-2-4-6-18)29(33-25)34-27(35)17-19-7-13-23(30)24(31)15-19/h2-7,10-13,15H,8-9,14,16-17H2,1H3,(H,33,34,35). The molecule has 182 valence electrons. The molecule has 2 aliphatic rings. The van der Waals surface area contributed by atoms with E-state index in [1.165, 1.54) is 11.6 Å². The van der Waals surface area contributed by atoms with Crippen molar-refractivity contribution in [2.24, 2.45) is 0 Å². The number of amides is 1. The molecule has 1 heterocycles. The van der Waals surface area contributed by atoms with Gasteiger partial charge in [0.25, 0.3) is 0 Å². The monoisotopic (exact) mass is 485 g/mol. The van der Waals surface area contributed by atoms with Crippen molar-refractivity contribution >= 4 is 17.3 Å². The molecule has 2 aliphatic carbocycles. The number of rotatable bonds is 6. The molecule has 0 saturated heterocycles. The molecule has 0 atom stereocenters.